The van der Waals surface area contributed by atoms with Gasteiger partial charge in [-0.1, -0.05) is 32.9 Å². The van der Waals surface area contributed by atoms with Crippen molar-refractivity contribution in [3.05, 3.63) is 12.2 Å². The van der Waals surface area contributed by atoms with Crippen molar-refractivity contribution in [2.75, 3.05) is 13.7 Å². The summed E-state index contributed by atoms with van der Waals surface area (Å²) >= 11 is 0. The third-order valence-corrected chi connectivity index (χ3v) is 3.29. The first-order valence-electron chi connectivity index (χ1n) is 6.05. The summed E-state index contributed by atoms with van der Waals surface area (Å²) in [6, 6.07) is 0.241. The summed E-state index contributed by atoms with van der Waals surface area (Å²) in [7, 11) is 2.11. The topological polar surface area (TPSA) is 23.5 Å². The molecular weight excluding hydrogens is 198 g/mol. The van der Waals surface area contributed by atoms with Crippen molar-refractivity contribution in [3.8, 4) is 0 Å². The van der Waals surface area contributed by atoms with E-state index >= 15 is 0 Å². The van der Waals surface area contributed by atoms with Crippen molar-refractivity contribution in [3.63, 3.8) is 0 Å². The molecule has 0 spiro atoms. The van der Waals surface area contributed by atoms with E-state index in [1.807, 2.05) is 0 Å². The van der Waals surface area contributed by atoms with E-state index in [4.69, 9.17) is 0 Å². The number of hydrogen-bond acceptors (Lipinski definition) is 2. The molecule has 0 aliphatic heterocycles. The van der Waals surface area contributed by atoms with Gasteiger partial charge in [0.15, 0.2) is 0 Å². The van der Waals surface area contributed by atoms with Crippen LogP contribution in [-0.2, 0) is 0 Å². The van der Waals surface area contributed by atoms with Gasteiger partial charge in [-0.25, -0.2) is 0 Å². The molecule has 1 unspecified atom stereocenters. The molecule has 0 aromatic carbocycles. The predicted molar refractivity (Wildman–Crippen MR) is 71.6 cm³/mol. The highest BCUT2D eigenvalue weighted by Gasteiger charge is 2.31. The second-order valence-corrected chi connectivity index (χ2v) is 6.59. The number of rotatable bonds is 4. The fourth-order valence-electron chi connectivity index (χ4n) is 1.69. The van der Waals surface area contributed by atoms with Gasteiger partial charge in [-0.05, 0) is 39.7 Å². The average Bonchev–Trinajstić information content (AvgIpc) is 2.09. The molecule has 1 N–H and O–H groups in total. The summed E-state index contributed by atoms with van der Waals surface area (Å²) < 4.78 is 0. The minimum atomic E-state index is 0.0827. The van der Waals surface area contributed by atoms with Crippen molar-refractivity contribution in [2.24, 2.45) is 5.41 Å². The van der Waals surface area contributed by atoms with Gasteiger partial charge in [-0.3, -0.25) is 4.90 Å². The zero-order valence-electron chi connectivity index (χ0n) is 12.1. The van der Waals surface area contributed by atoms with Gasteiger partial charge in [-0.2, -0.15) is 0 Å². The lowest BCUT2D eigenvalue weighted by atomic mass is 9.80. The zero-order valence-corrected chi connectivity index (χ0v) is 12.1. The van der Waals surface area contributed by atoms with E-state index in [1.54, 1.807) is 0 Å². The molecule has 0 rings (SSSR count). The highest BCUT2D eigenvalue weighted by molar-refractivity contribution is 5.15. The fourth-order valence-corrected chi connectivity index (χ4v) is 1.69. The molecule has 1 atom stereocenters. The zero-order chi connectivity index (χ0) is 13.1. The highest BCUT2D eigenvalue weighted by atomic mass is 16.3. The molecule has 2 nitrogen and oxygen atoms in total. The van der Waals surface area contributed by atoms with Gasteiger partial charge in [0.1, 0.15) is 0 Å². The Bertz CT molecular complexity index is 232. The van der Waals surface area contributed by atoms with Crippen molar-refractivity contribution in [1.29, 1.82) is 0 Å². The molecule has 0 saturated carbocycles. The largest absolute Gasteiger partial charge is 0.396 e. The Kier molecular flexibility index (Phi) is 5.21. The standard InChI is InChI=1S/C14H29NO/c1-11(13(2,3)4)12(9-10-16)15(8)14(5,6)7/h12,16H,1,9-10H2,2-8H3. The third kappa shape index (κ3) is 4.26. The minimum Gasteiger partial charge on any atom is -0.396 e. The summed E-state index contributed by atoms with van der Waals surface area (Å²) in [6.07, 6.45) is 0.754. The molecule has 0 saturated heterocycles. The Morgan fingerprint density at radius 1 is 1.19 bits per heavy atom. The maximum Gasteiger partial charge on any atom is 0.0449 e. The lowest BCUT2D eigenvalue weighted by molar-refractivity contribution is 0.104. The van der Waals surface area contributed by atoms with Crippen LogP contribution in [0.3, 0.4) is 0 Å². The Balaban J connectivity index is 4.95. The molecule has 0 aliphatic rings. The molecule has 2 heteroatoms. The van der Waals surface area contributed by atoms with Crippen LogP contribution in [-0.4, -0.2) is 35.2 Å². The minimum absolute atomic E-state index is 0.0827. The molecule has 0 heterocycles. The smallest absolute Gasteiger partial charge is 0.0449 e. The number of hydrogen-bond donors (Lipinski definition) is 1. The summed E-state index contributed by atoms with van der Waals surface area (Å²) in [4.78, 5) is 2.30. The number of nitrogens with zero attached hydrogens (tertiary/aromatic N) is 1. The number of aliphatic hydroxyl groups excluding tert-OH is 1. The lowest BCUT2D eigenvalue weighted by Crippen LogP contribution is -2.48. The SMILES string of the molecule is C=C(C(CCO)N(C)C(C)(C)C)C(C)(C)C. The Labute approximate surface area is 101 Å². The first-order chi connectivity index (χ1) is 7.01. The molecule has 16 heavy (non-hydrogen) atoms. The summed E-state index contributed by atoms with van der Waals surface area (Å²) in [5.74, 6) is 0. The summed E-state index contributed by atoms with van der Waals surface area (Å²) in [6.45, 7) is 17.5. The maximum atomic E-state index is 9.20. The second kappa shape index (κ2) is 5.33. The van der Waals surface area contributed by atoms with Crippen molar-refractivity contribution >= 4 is 0 Å². The third-order valence-electron chi connectivity index (χ3n) is 3.29. The van der Waals surface area contributed by atoms with E-state index < -0.39 is 0 Å². The van der Waals surface area contributed by atoms with Gasteiger partial charge in [-0.15, -0.1) is 0 Å². The van der Waals surface area contributed by atoms with Crippen molar-refractivity contribution in [1.82, 2.24) is 4.90 Å². The van der Waals surface area contributed by atoms with Gasteiger partial charge in [0.25, 0.3) is 0 Å². The van der Waals surface area contributed by atoms with Gasteiger partial charge in [0.2, 0.25) is 0 Å². The Morgan fingerprint density at radius 2 is 1.62 bits per heavy atom. The van der Waals surface area contributed by atoms with Gasteiger partial charge in [0, 0.05) is 18.2 Å². The first kappa shape index (κ1) is 15.7. The number of likely N-dealkylation sites (N-methyl/N-ethyl adjacent to an activating group) is 1. The molecule has 96 valence electrons. The van der Waals surface area contributed by atoms with Gasteiger partial charge < -0.3 is 5.11 Å². The van der Waals surface area contributed by atoms with Crippen LogP contribution < -0.4 is 0 Å². The molecule has 0 fully saturated rings. The van der Waals surface area contributed by atoms with E-state index in [0.29, 0.717) is 0 Å². The summed E-state index contributed by atoms with van der Waals surface area (Å²) in [5.41, 5.74) is 1.37. The van der Waals surface area contributed by atoms with Crippen LogP contribution in [0.5, 0.6) is 0 Å². The van der Waals surface area contributed by atoms with Crippen molar-refractivity contribution in [2.45, 2.75) is 59.5 Å². The molecular formula is C14H29NO. The van der Waals surface area contributed by atoms with Crippen molar-refractivity contribution < 1.29 is 5.11 Å². The van der Waals surface area contributed by atoms with E-state index in [9.17, 15) is 5.11 Å². The number of aliphatic hydroxyl groups is 1. The van der Waals surface area contributed by atoms with Crippen LogP contribution in [0, 0.1) is 5.41 Å². The van der Waals surface area contributed by atoms with Gasteiger partial charge >= 0.3 is 0 Å². The van der Waals surface area contributed by atoms with E-state index in [0.717, 1.165) is 6.42 Å². The van der Waals surface area contributed by atoms with Crippen LogP contribution in [0.1, 0.15) is 48.0 Å². The predicted octanol–water partition coefficient (Wildman–Crippen LogP) is 3.07. The fraction of sp³-hybridized carbons (Fsp3) is 0.857. The molecule has 0 radical (unpaired) electrons. The summed E-state index contributed by atoms with van der Waals surface area (Å²) in [5, 5.41) is 9.20. The van der Waals surface area contributed by atoms with Gasteiger partial charge in [0.05, 0.1) is 0 Å². The van der Waals surface area contributed by atoms with E-state index in [-0.39, 0.29) is 23.6 Å². The second-order valence-electron chi connectivity index (χ2n) is 6.59. The van der Waals surface area contributed by atoms with Crippen LogP contribution in [0.25, 0.3) is 0 Å². The quantitative estimate of drug-likeness (QED) is 0.746. The molecule has 0 bridgehead atoms. The molecule has 0 amide bonds. The highest BCUT2D eigenvalue weighted by Crippen LogP contribution is 2.32. The van der Waals surface area contributed by atoms with Crippen LogP contribution >= 0.6 is 0 Å². The van der Waals surface area contributed by atoms with Crippen LogP contribution in [0.4, 0.5) is 0 Å². The Hall–Kier alpha value is -0.340. The van der Waals surface area contributed by atoms with Crippen LogP contribution in [0.2, 0.25) is 0 Å². The monoisotopic (exact) mass is 227 g/mol. The lowest BCUT2D eigenvalue weighted by Gasteiger charge is -2.42. The van der Waals surface area contributed by atoms with Crippen LogP contribution in [0.15, 0.2) is 12.2 Å². The molecule has 0 aromatic rings. The van der Waals surface area contributed by atoms with E-state index in [2.05, 4.69) is 60.1 Å². The average molecular weight is 227 g/mol. The normalized spacial score (nSPS) is 15.3. The first-order valence-corrected chi connectivity index (χ1v) is 6.05. The molecule has 0 aliphatic carbocycles. The van der Waals surface area contributed by atoms with E-state index in [1.165, 1.54) is 5.57 Å². The molecule has 0 aromatic heterocycles. The Morgan fingerprint density at radius 3 is 1.88 bits per heavy atom. The maximum absolute atomic E-state index is 9.20.